The highest BCUT2D eigenvalue weighted by atomic mass is 35.5. The van der Waals surface area contributed by atoms with Crippen LogP contribution in [0.4, 0.5) is 5.69 Å². The second-order valence-electron chi connectivity index (χ2n) is 5.01. The molecule has 1 saturated heterocycles. The molecule has 0 amide bonds. The first-order chi connectivity index (χ1) is 8.11. The first-order valence-electron chi connectivity index (χ1n) is 6.13. The molecule has 0 spiro atoms. The number of nitrogens with zero attached hydrogens (tertiary/aromatic N) is 1. The van der Waals surface area contributed by atoms with Crippen LogP contribution in [0.5, 0.6) is 0 Å². The zero-order valence-corrected chi connectivity index (χ0v) is 11.1. The third-order valence-electron chi connectivity index (χ3n) is 3.53. The molecule has 92 valence electrons. The van der Waals surface area contributed by atoms with Crippen molar-refractivity contribution in [1.82, 2.24) is 0 Å². The molecule has 2 atom stereocenters. The van der Waals surface area contributed by atoms with Crippen LogP contribution in [0.3, 0.4) is 0 Å². The third-order valence-corrected chi connectivity index (χ3v) is 3.84. The zero-order chi connectivity index (χ0) is 12.4. The Balaban J connectivity index is 2.29. The highest BCUT2D eigenvalue weighted by Gasteiger charge is 2.24. The Labute approximate surface area is 108 Å². The molecule has 0 radical (unpaired) electrons. The van der Waals surface area contributed by atoms with Crippen molar-refractivity contribution < 1.29 is 4.79 Å². The molecule has 1 aliphatic rings. The number of rotatable bonds is 2. The third kappa shape index (κ3) is 2.63. The van der Waals surface area contributed by atoms with E-state index in [0.29, 0.717) is 22.5 Å². The quantitative estimate of drug-likeness (QED) is 0.746. The maximum absolute atomic E-state index is 10.7. The molecule has 0 aliphatic carbocycles. The lowest BCUT2D eigenvalue weighted by Crippen LogP contribution is -2.41. The lowest BCUT2D eigenvalue weighted by atomic mass is 9.94. The lowest BCUT2D eigenvalue weighted by molar-refractivity contribution is 0.112. The van der Waals surface area contributed by atoms with Crippen molar-refractivity contribution in [3.63, 3.8) is 0 Å². The molecule has 2 unspecified atom stereocenters. The van der Waals surface area contributed by atoms with Crippen LogP contribution in [0.15, 0.2) is 18.2 Å². The van der Waals surface area contributed by atoms with Gasteiger partial charge in [0.2, 0.25) is 0 Å². The van der Waals surface area contributed by atoms with E-state index in [9.17, 15) is 4.79 Å². The number of carbonyl (C=O) groups excluding carboxylic acids is 1. The Morgan fingerprint density at radius 2 is 2.12 bits per heavy atom. The summed E-state index contributed by atoms with van der Waals surface area (Å²) in [6, 6.07) is 6.06. The van der Waals surface area contributed by atoms with E-state index in [-0.39, 0.29) is 0 Å². The van der Waals surface area contributed by atoms with E-state index < -0.39 is 0 Å². The molecule has 17 heavy (non-hydrogen) atoms. The van der Waals surface area contributed by atoms with Crippen LogP contribution in [-0.4, -0.2) is 18.9 Å². The summed E-state index contributed by atoms with van der Waals surface area (Å²) in [6.07, 6.45) is 3.31. The standard InChI is InChI=1S/C14H18ClNO/c1-10-3-4-11(2)16(8-10)14-6-5-12(9-17)7-13(14)15/h5-7,9-11H,3-4,8H2,1-2H3. The summed E-state index contributed by atoms with van der Waals surface area (Å²) in [5, 5.41) is 0.676. The summed E-state index contributed by atoms with van der Waals surface area (Å²) >= 11 is 6.25. The maximum atomic E-state index is 10.7. The van der Waals surface area contributed by atoms with Crippen LogP contribution in [0.2, 0.25) is 5.02 Å². The lowest BCUT2D eigenvalue weighted by Gasteiger charge is -2.39. The van der Waals surface area contributed by atoms with Gasteiger partial charge in [-0.2, -0.15) is 0 Å². The Hall–Kier alpha value is -1.02. The van der Waals surface area contributed by atoms with Crippen molar-refractivity contribution in [3.05, 3.63) is 28.8 Å². The average molecular weight is 252 g/mol. The highest BCUT2D eigenvalue weighted by molar-refractivity contribution is 6.33. The summed E-state index contributed by atoms with van der Waals surface area (Å²) in [6.45, 7) is 5.55. The van der Waals surface area contributed by atoms with Gasteiger partial charge in [-0.1, -0.05) is 18.5 Å². The summed E-state index contributed by atoms with van der Waals surface area (Å²) in [7, 11) is 0. The van der Waals surface area contributed by atoms with Crippen molar-refractivity contribution in [2.24, 2.45) is 5.92 Å². The fraction of sp³-hybridized carbons (Fsp3) is 0.500. The van der Waals surface area contributed by atoms with Crippen LogP contribution in [0.25, 0.3) is 0 Å². The number of piperidine rings is 1. The predicted octanol–water partition coefficient (Wildman–Crippen LogP) is 3.78. The van der Waals surface area contributed by atoms with E-state index in [1.165, 1.54) is 12.8 Å². The molecule has 3 heteroatoms. The van der Waals surface area contributed by atoms with E-state index in [2.05, 4.69) is 18.7 Å². The molecule has 0 saturated carbocycles. The second kappa shape index (κ2) is 5.09. The van der Waals surface area contributed by atoms with Crippen molar-refractivity contribution in [3.8, 4) is 0 Å². The molecule has 1 aromatic carbocycles. The number of hydrogen-bond donors (Lipinski definition) is 0. The van der Waals surface area contributed by atoms with Gasteiger partial charge >= 0.3 is 0 Å². The number of halogens is 1. The zero-order valence-electron chi connectivity index (χ0n) is 10.3. The first-order valence-corrected chi connectivity index (χ1v) is 6.51. The normalized spacial score (nSPS) is 24.8. The van der Waals surface area contributed by atoms with Gasteiger partial charge in [-0.3, -0.25) is 4.79 Å². The van der Waals surface area contributed by atoms with Crippen molar-refractivity contribution in [1.29, 1.82) is 0 Å². The van der Waals surface area contributed by atoms with E-state index in [4.69, 9.17) is 11.6 Å². The monoisotopic (exact) mass is 251 g/mol. The maximum Gasteiger partial charge on any atom is 0.150 e. The van der Waals surface area contributed by atoms with Crippen molar-refractivity contribution in [2.75, 3.05) is 11.4 Å². The van der Waals surface area contributed by atoms with Gasteiger partial charge in [-0.05, 0) is 43.9 Å². The van der Waals surface area contributed by atoms with E-state index >= 15 is 0 Å². The van der Waals surface area contributed by atoms with Gasteiger partial charge in [0.05, 0.1) is 10.7 Å². The molecule has 1 heterocycles. The molecular weight excluding hydrogens is 234 g/mol. The first kappa shape index (κ1) is 12.4. The minimum Gasteiger partial charge on any atom is -0.367 e. The van der Waals surface area contributed by atoms with Crippen LogP contribution in [0.1, 0.15) is 37.0 Å². The van der Waals surface area contributed by atoms with Crippen molar-refractivity contribution >= 4 is 23.6 Å². The van der Waals surface area contributed by atoms with Crippen molar-refractivity contribution in [2.45, 2.75) is 32.7 Å². The smallest absolute Gasteiger partial charge is 0.150 e. The van der Waals surface area contributed by atoms with Crippen LogP contribution >= 0.6 is 11.6 Å². The molecular formula is C14H18ClNO. The fourth-order valence-corrected chi connectivity index (χ4v) is 2.75. The van der Waals surface area contributed by atoms with Crippen LogP contribution < -0.4 is 4.90 Å². The van der Waals surface area contributed by atoms with Gasteiger partial charge in [0.25, 0.3) is 0 Å². The number of hydrogen-bond acceptors (Lipinski definition) is 2. The average Bonchev–Trinajstić information content (AvgIpc) is 2.32. The Morgan fingerprint density at radius 1 is 1.35 bits per heavy atom. The van der Waals surface area contributed by atoms with Crippen LogP contribution in [0, 0.1) is 5.92 Å². The SMILES string of the molecule is CC1CCC(C)N(c2ccc(C=O)cc2Cl)C1. The van der Waals surface area contributed by atoms with Gasteiger partial charge in [0, 0.05) is 18.2 Å². The number of benzene rings is 1. The molecule has 0 bridgehead atoms. The van der Waals surface area contributed by atoms with Gasteiger partial charge in [-0.15, -0.1) is 0 Å². The number of aldehydes is 1. The van der Waals surface area contributed by atoms with Gasteiger partial charge in [0.15, 0.2) is 0 Å². The largest absolute Gasteiger partial charge is 0.367 e. The van der Waals surface area contributed by atoms with Gasteiger partial charge in [-0.25, -0.2) is 0 Å². The summed E-state index contributed by atoms with van der Waals surface area (Å²) in [5.74, 6) is 0.702. The number of carbonyl (C=O) groups is 1. The predicted molar refractivity (Wildman–Crippen MR) is 72.0 cm³/mol. The molecule has 0 aromatic heterocycles. The minimum atomic E-state index is 0.519. The second-order valence-corrected chi connectivity index (χ2v) is 5.42. The summed E-state index contributed by atoms with van der Waals surface area (Å²) < 4.78 is 0. The van der Waals surface area contributed by atoms with Crippen LogP contribution in [-0.2, 0) is 0 Å². The summed E-state index contributed by atoms with van der Waals surface area (Å²) in [4.78, 5) is 13.0. The van der Waals surface area contributed by atoms with E-state index in [0.717, 1.165) is 18.5 Å². The van der Waals surface area contributed by atoms with E-state index in [1.807, 2.05) is 12.1 Å². The minimum absolute atomic E-state index is 0.519. The highest BCUT2D eigenvalue weighted by Crippen LogP contribution is 2.33. The molecule has 2 nitrogen and oxygen atoms in total. The summed E-state index contributed by atoms with van der Waals surface area (Å²) in [5.41, 5.74) is 1.69. The Bertz CT molecular complexity index is 419. The van der Waals surface area contributed by atoms with Gasteiger partial charge in [0.1, 0.15) is 6.29 Å². The van der Waals surface area contributed by atoms with Gasteiger partial charge < -0.3 is 4.90 Å². The fourth-order valence-electron chi connectivity index (χ4n) is 2.45. The molecule has 1 fully saturated rings. The Morgan fingerprint density at radius 3 is 2.76 bits per heavy atom. The molecule has 0 N–H and O–H groups in total. The van der Waals surface area contributed by atoms with E-state index in [1.54, 1.807) is 6.07 Å². The topological polar surface area (TPSA) is 20.3 Å². The molecule has 2 rings (SSSR count). The number of anilines is 1. The Kier molecular flexibility index (Phi) is 3.72. The molecule has 1 aromatic rings. The molecule has 1 aliphatic heterocycles.